The van der Waals surface area contributed by atoms with E-state index in [0.717, 1.165) is 63.7 Å². The van der Waals surface area contributed by atoms with E-state index in [-0.39, 0.29) is 31.1 Å². The molecule has 1 atom stereocenters. The molecule has 0 unspecified atom stereocenters. The largest absolute Gasteiger partial charge is 0.462 e. The topological polar surface area (TPSA) is 78.9 Å². The number of rotatable bonds is 51. The maximum absolute atomic E-state index is 12.8. The number of hydrogen-bond acceptors (Lipinski definition) is 6. The minimum absolute atomic E-state index is 0.0629. The van der Waals surface area contributed by atoms with Gasteiger partial charge in [-0.3, -0.25) is 14.4 Å². The zero-order chi connectivity index (χ0) is 45.2. The maximum atomic E-state index is 12.8. The van der Waals surface area contributed by atoms with Crippen molar-refractivity contribution in [3.05, 3.63) is 0 Å². The first kappa shape index (κ1) is 60.4. The highest BCUT2D eigenvalue weighted by Gasteiger charge is 2.19. The Morgan fingerprint density at radius 1 is 0.306 bits per heavy atom. The first-order valence-electron chi connectivity index (χ1n) is 27.9. The quantitative estimate of drug-likeness (QED) is 0.0344. The second kappa shape index (κ2) is 50.4. The second-order valence-corrected chi connectivity index (χ2v) is 19.7. The lowest BCUT2D eigenvalue weighted by Gasteiger charge is -2.18. The van der Waals surface area contributed by atoms with Crippen molar-refractivity contribution in [3.8, 4) is 0 Å². The molecule has 368 valence electrons. The van der Waals surface area contributed by atoms with Crippen LogP contribution in [0.15, 0.2) is 0 Å². The normalized spacial score (nSPS) is 12.0. The fraction of sp³-hybridized carbons (Fsp3) is 0.946. The number of esters is 3. The molecule has 0 saturated carbocycles. The van der Waals surface area contributed by atoms with E-state index in [1.165, 1.54) is 212 Å². The van der Waals surface area contributed by atoms with Crippen molar-refractivity contribution in [3.63, 3.8) is 0 Å². The van der Waals surface area contributed by atoms with E-state index in [0.29, 0.717) is 19.3 Å². The molecule has 62 heavy (non-hydrogen) atoms. The molecule has 0 aliphatic heterocycles. The van der Waals surface area contributed by atoms with Gasteiger partial charge in [0.15, 0.2) is 6.10 Å². The Morgan fingerprint density at radius 2 is 0.532 bits per heavy atom. The van der Waals surface area contributed by atoms with Crippen molar-refractivity contribution in [2.45, 2.75) is 323 Å². The van der Waals surface area contributed by atoms with E-state index in [2.05, 4.69) is 27.7 Å². The number of ether oxygens (including phenoxy) is 3. The Bertz CT molecular complexity index is 933. The molecule has 0 heterocycles. The molecule has 0 N–H and O–H groups in total. The van der Waals surface area contributed by atoms with E-state index in [1.54, 1.807) is 0 Å². The summed E-state index contributed by atoms with van der Waals surface area (Å²) in [6.07, 6.45) is 53.9. The first-order chi connectivity index (χ1) is 30.4. The summed E-state index contributed by atoms with van der Waals surface area (Å²) in [5.74, 6) is -0.0611. The minimum atomic E-state index is -0.761. The standard InChI is InChI=1S/C56H108O6/c1-5-7-9-11-13-15-17-19-21-22-23-24-26-28-30-32-36-41-45-49-56(59)62-53(51-61-55(58)48-44-40-37-33-34-38-42-46-52(3)4)50-60-54(57)47-43-39-35-31-29-27-25-20-18-16-14-12-10-8-6-2/h52-53H,5-51H2,1-4H3/t53-/m1/s1. The van der Waals surface area contributed by atoms with E-state index in [1.807, 2.05) is 0 Å². The average Bonchev–Trinajstić information content (AvgIpc) is 3.26. The van der Waals surface area contributed by atoms with Gasteiger partial charge in [0, 0.05) is 19.3 Å². The fourth-order valence-corrected chi connectivity index (χ4v) is 8.57. The molecular formula is C56H108O6. The van der Waals surface area contributed by atoms with Crippen LogP contribution < -0.4 is 0 Å². The summed E-state index contributed by atoms with van der Waals surface area (Å²) >= 11 is 0. The van der Waals surface area contributed by atoms with Gasteiger partial charge in [-0.1, -0.05) is 278 Å². The average molecular weight is 877 g/mol. The zero-order valence-corrected chi connectivity index (χ0v) is 42.3. The van der Waals surface area contributed by atoms with Gasteiger partial charge < -0.3 is 14.2 Å². The third-order valence-corrected chi connectivity index (χ3v) is 12.8. The summed E-state index contributed by atoms with van der Waals surface area (Å²) in [5.41, 5.74) is 0. The molecule has 0 spiro atoms. The highest BCUT2D eigenvalue weighted by Crippen LogP contribution is 2.18. The number of carbonyl (C=O) groups excluding carboxylic acids is 3. The van der Waals surface area contributed by atoms with Crippen molar-refractivity contribution >= 4 is 17.9 Å². The van der Waals surface area contributed by atoms with Crippen LogP contribution in [0.4, 0.5) is 0 Å². The lowest BCUT2D eigenvalue weighted by atomic mass is 10.0. The van der Waals surface area contributed by atoms with Crippen molar-refractivity contribution in [1.82, 2.24) is 0 Å². The van der Waals surface area contributed by atoms with Crippen LogP contribution in [-0.4, -0.2) is 37.2 Å². The number of unbranched alkanes of at least 4 members (excludes halogenated alkanes) is 38. The van der Waals surface area contributed by atoms with Crippen molar-refractivity contribution in [2.75, 3.05) is 13.2 Å². The summed E-state index contributed by atoms with van der Waals surface area (Å²) in [6, 6.07) is 0. The molecule has 0 aromatic heterocycles. The van der Waals surface area contributed by atoms with Crippen LogP contribution in [0.2, 0.25) is 0 Å². The van der Waals surface area contributed by atoms with Gasteiger partial charge in [-0.05, 0) is 25.2 Å². The summed E-state index contributed by atoms with van der Waals surface area (Å²) in [5, 5.41) is 0. The summed E-state index contributed by atoms with van der Waals surface area (Å²) < 4.78 is 16.8. The van der Waals surface area contributed by atoms with Gasteiger partial charge in [-0.2, -0.15) is 0 Å². The SMILES string of the molecule is CCCCCCCCCCCCCCCCCCCCCC(=O)O[C@H](COC(=O)CCCCCCCCCCCCCCCCC)COC(=O)CCCCCCCCCC(C)C. The first-order valence-corrected chi connectivity index (χ1v) is 27.9. The molecule has 0 amide bonds. The van der Waals surface area contributed by atoms with E-state index >= 15 is 0 Å². The Balaban J connectivity index is 4.24. The Kier molecular flexibility index (Phi) is 49.1. The van der Waals surface area contributed by atoms with Gasteiger partial charge in [-0.15, -0.1) is 0 Å². The summed E-state index contributed by atoms with van der Waals surface area (Å²) in [7, 11) is 0. The molecule has 0 saturated heterocycles. The van der Waals surface area contributed by atoms with Crippen LogP contribution >= 0.6 is 0 Å². The fourth-order valence-electron chi connectivity index (χ4n) is 8.57. The Labute approximate surface area is 387 Å². The van der Waals surface area contributed by atoms with Gasteiger partial charge in [0.05, 0.1) is 0 Å². The minimum Gasteiger partial charge on any atom is -0.462 e. The van der Waals surface area contributed by atoms with Gasteiger partial charge in [0.2, 0.25) is 0 Å². The second-order valence-electron chi connectivity index (χ2n) is 19.7. The lowest BCUT2D eigenvalue weighted by Crippen LogP contribution is -2.30. The van der Waals surface area contributed by atoms with Crippen LogP contribution in [-0.2, 0) is 28.6 Å². The Hall–Kier alpha value is -1.59. The molecule has 0 radical (unpaired) electrons. The highest BCUT2D eigenvalue weighted by molar-refractivity contribution is 5.71. The van der Waals surface area contributed by atoms with Crippen molar-refractivity contribution in [2.24, 2.45) is 5.92 Å². The monoisotopic (exact) mass is 877 g/mol. The van der Waals surface area contributed by atoms with E-state index in [4.69, 9.17) is 14.2 Å². The summed E-state index contributed by atoms with van der Waals surface area (Å²) in [6.45, 7) is 9.00. The van der Waals surface area contributed by atoms with Crippen LogP contribution in [0.1, 0.15) is 317 Å². The number of carbonyl (C=O) groups is 3. The van der Waals surface area contributed by atoms with Crippen LogP contribution in [0.3, 0.4) is 0 Å². The third-order valence-electron chi connectivity index (χ3n) is 12.8. The molecular weight excluding hydrogens is 769 g/mol. The van der Waals surface area contributed by atoms with Gasteiger partial charge in [0.1, 0.15) is 13.2 Å². The van der Waals surface area contributed by atoms with Gasteiger partial charge in [-0.25, -0.2) is 0 Å². The smallest absolute Gasteiger partial charge is 0.306 e. The van der Waals surface area contributed by atoms with Crippen molar-refractivity contribution in [1.29, 1.82) is 0 Å². The molecule has 6 nitrogen and oxygen atoms in total. The van der Waals surface area contributed by atoms with E-state index < -0.39 is 6.10 Å². The molecule has 0 aliphatic rings. The molecule has 0 bridgehead atoms. The highest BCUT2D eigenvalue weighted by atomic mass is 16.6. The Morgan fingerprint density at radius 3 is 0.790 bits per heavy atom. The molecule has 6 heteroatoms. The molecule has 0 aromatic rings. The van der Waals surface area contributed by atoms with Crippen LogP contribution in [0.25, 0.3) is 0 Å². The van der Waals surface area contributed by atoms with Gasteiger partial charge >= 0.3 is 17.9 Å². The molecule has 0 aliphatic carbocycles. The third kappa shape index (κ3) is 49.4. The predicted octanol–water partition coefficient (Wildman–Crippen LogP) is 18.2. The molecule has 0 rings (SSSR count). The number of hydrogen-bond donors (Lipinski definition) is 0. The summed E-state index contributed by atoms with van der Waals surface area (Å²) in [4.78, 5) is 38.0. The van der Waals surface area contributed by atoms with Crippen LogP contribution in [0.5, 0.6) is 0 Å². The zero-order valence-electron chi connectivity index (χ0n) is 42.3. The predicted molar refractivity (Wildman–Crippen MR) is 266 cm³/mol. The van der Waals surface area contributed by atoms with Gasteiger partial charge in [0.25, 0.3) is 0 Å². The van der Waals surface area contributed by atoms with Crippen molar-refractivity contribution < 1.29 is 28.6 Å². The molecule has 0 aromatic carbocycles. The lowest BCUT2D eigenvalue weighted by molar-refractivity contribution is -0.167. The van der Waals surface area contributed by atoms with E-state index in [9.17, 15) is 14.4 Å². The van der Waals surface area contributed by atoms with Crippen LogP contribution in [0, 0.1) is 5.92 Å². The molecule has 0 fully saturated rings. The maximum Gasteiger partial charge on any atom is 0.306 e.